The molecule has 0 radical (unpaired) electrons. The van der Waals surface area contributed by atoms with E-state index in [1.165, 1.54) is 38.8 Å². The van der Waals surface area contributed by atoms with Gasteiger partial charge in [-0.15, -0.1) is 0 Å². The molecule has 3 heteroatoms. The van der Waals surface area contributed by atoms with Crippen molar-refractivity contribution in [3.63, 3.8) is 0 Å². The van der Waals surface area contributed by atoms with Crippen molar-refractivity contribution in [3.05, 3.63) is 162 Å². The lowest BCUT2D eigenvalue weighted by atomic mass is 9.82. The summed E-state index contributed by atoms with van der Waals surface area (Å²) in [5.41, 5.74) is 13.6. The van der Waals surface area contributed by atoms with Gasteiger partial charge in [-0.05, 0) is 105 Å². The van der Waals surface area contributed by atoms with Crippen molar-refractivity contribution in [2.24, 2.45) is 0 Å². The van der Waals surface area contributed by atoms with Crippen LogP contribution in [0.25, 0.3) is 44.2 Å². The number of nitriles is 1. The molecule has 0 bridgehead atoms. The average Bonchev–Trinajstić information content (AvgIpc) is 3.35. The minimum Gasteiger partial charge on any atom is -0.456 e. The Hall–Kier alpha value is -6.11. The topological polar surface area (TPSA) is 36.3 Å². The highest BCUT2D eigenvalue weighted by atomic mass is 16.5. The van der Waals surface area contributed by atoms with E-state index in [-0.39, 0.29) is 5.41 Å². The molecule has 47 heavy (non-hydrogen) atoms. The average molecular weight is 603 g/mol. The smallest absolute Gasteiger partial charge is 0.135 e. The maximum Gasteiger partial charge on any atom is 0.135 e. The minimum atomic E-state index is -0.110. The van der Waals surface area contributed by atoms with Crippen LogP contribution in [0, 0.1) is 11.3 Å². The van der Waals surface area contributed by atoms with Gasteiger partial charge in [0.1, 0.15) is 11.5 Å². The molecule has 0 unspecified atom stereocenters. The third-order valence-corrected chi connectivity index (χ3v) is 9.92. The van der Waals surface area contributed by atoms with Crippen LogP contribution in [0.5, 0.6) is 11.5 Å². The van der Waals surface area contributed by atoms with Crippen LogP contribution in [0.4, 0.5) is 17.1 Å². The molecule has 2 aliphatic rings. The van der Waals surface area contributed by atoms with Crippen LogP contribution < -0.4 is 9.64 Å². The Morgan fingerprint density at radius 2 is 1.15 bits per heavy atom. The Morgan fingerprint density at radius 1 is 0.532 bits per heavy atom. The van der Waals surface area contributed by atoms with E-state index in [1.54, 1.807) is 0 Å². The Labute approximate surface area is 274 Å². The molecule has 0 saturated heterocycles. The molecule has 0 atom stereocenters. The second kappa shape index (κ2) is 10.2. The lowest BCUT2D eigenvalue weighted by Crippen LogP contribution is -2.16. The van der Waals surface area contributed by atoms with Crippen molar-refractivity contribution in [1.29, 1.82) is 5.26 Å². The first-order valence-corrected chi connectivity index (χ1v) is 16.0. The third kappa shape index (κ3) is 4.12. The predicted molar refractivity (Wildman–Crippen MR) is 192 cm³/mol. The minimum absolute atomic E-state index is 0.110. The van der Waals surface area contributed by atoms with E-state index < -0.39 is 0 Å². The highest BCUT2D eigenvalue weighted by Gasteiger charge is 2.35. The molecule has 1 aliphatic carbocycles. The van der Waals surface area contributed by atoms with Crippen molar-refractivity contribution in [2.75, 3.05) is 4.90 Å². The summed E-state index contributed by atoms with van der Waals surface area (Å²) in [4.78, 5) is 2.28. The van der Waals surface area contributed by atoms with Gasteiger partial charge in [0.05, 0.1) is 11.6 Å². The molecule has 0 fully saturated rings. The molecular formula is C44H30N2O. The van der Waals surface area contributed by atoms with Gasteiger partial charge in [-0.25, -0.2) is 0 Å². The molecular weight excluding hydrogens is 572 g/mol. The van der Waals surface area contributed by atoms with E-state index in [2.05, 4.69) is 134 Å². The van der Waals surface area contributed by atoms with Gasteiger partial charge in [-0.2, -0.15) is 5.26 Å². The number of para-hydroxylation sites is 1. The number of hydrogen-bond acceptors (Lipinski definition) is 3. The largest absolute Gasteiger partial charge is 0.456 e. The second-order valence-corrected chi connectivity index (χ2v) is 12.9. The summed E-state index contributed by atoms with van der Waals surface area (Å²) >= 11 is 0. The van der Waals surface area contributed by atoms with Gasteiger partial charge >= 0.3 is 0 Å². The van der Waals surface area contributed by atoms with Crippen molar-refractivity contribution in [1.82, 2.24) is 0 Å². The highest BCUT2D eigenvalue weighted by molar-refractivity contribution is 6.10. The van der Waals surface area contributed by atoms with Crippen LogP contribution in [0.3, 0.4) is 0 Å². The summed E-state index contributed by atoms with van der Waals surface area (Å²) in [5.74, 6) is 1.79. The molecule has 222 valence electrons. The number of anilines is 3. The molecule has 1 heterocycles. The monoisotopic (exact) mass is 602 g/mol. The SMILES string of the molecule is CC1(C)c2ccccc2-c2ccc(N(c3ccc(C#N)cc3)c3ccc(-c4ccc5c6c(cccc46)Oc4ccccc4-5)cc3)cc21. The Kier molecular flexibility index (Phi) is 5.91. The molecule has 1 aliphatic heterocycles. The predicted octanol–water partition coefficient (Wildman–Crippen LogP) is 11.9. The summed E-state index contributed by atoms with van der Waals surface area (Å²) in [7, 11) is 0. The van der Waals surface area contributed by atoms with Gasteiger partial charge in [0, 0.05) is 33.4 Å². The van der Waals surface area contributed by atoms with Crippen molar-refractivity contribution >= 4 is 27.8 Å². The number of nitrogens with zero attached hydrogens (tertiary/aromatic N) is 2. The van der Waals surface area contributed by atoms with Crippen molar-refractivity contribution in [3.8, 4) is 50.9 Å². The van der Waals surface area contributed by atoms with Crippen LogP contribution in [0.1, 0.15) is 30.5 Å². The van der Waals surface area contributed by atoms with E-state index in [1.807, 2.05) is 36.4 Å². The maximum absolute atomic E-state index is 9.50. The molecule has 3 nitrogen and oxygen atoms in total. The summed E-state index contributed by atoms with van der Waals surface area (Å²) in [6, 6.07) is 53.5. The zero-order chi connectivity index (χ0) is 31.7. The van der Waals surface area contributed by atoms with Crippen LogP contribution >= 0.6 is 0 Å². The van der Waals surface area contributed by atoms with Crippen molar-refractivity contribution < 1.29 is 4.74 Å². The molecule has 9 rings (SSSR count). The van der Waals surface area contributed by atoms with Crippen LogP contribution in [0.15, 0.2) is 146 Å². The lowest BCUT2D eigenvalue weighted by Gasteiger charge is -2.28. The first-order valence-electron chi connectivity index (χ1n) is 16.0. The Bertz CT molecular complexity index is 2410. The zero-order valence-corrected chi connectivity index (χ0v) is 26.2. The Balaban J connectivity index is 1.16. The van der Waals surface area contributed by atoms with E-state index in [9.17, 15) is 5.26 Å². The van der Waals surface area contributed by atoms with Crippen molar-refractivity contribution in [2.45, 2.75) is 19.3 Å². The summed E-state index contributed by atoms with van der Waals surface area (Å²) in [5, 5.41) is 11.8. The fraction of sp³-hybridized carbons (Fsp3) is 0.0682. The molecule has 0 N–H and O–H groups in total. The fourth-order valence-corrected chi connectivity index (χ4v) is 7.58. The lowest BCUT2D eigenvalue weighted by molar-refractivity contribution is 0.487. The first kappa shape index (κ1) is 27.2. The molecule has 0 aromatic heterocycles. The molecule has 7 aromatic rings. The Morgan fingerprint density at radius 3 is 1.94 bits per heavy atom. The number of rotatable bonds is 4. The molecule has 0 amide bonds. The quantitative estimate of drug-likeness (QED) is 0.201. The standard InChI is InChI=1S/C44H30N2O/c1-44(2)39-11-5-3-8-34(39)35-23-22-32(26-40(35)44)46(30-18-14-28(27-45)15-19-30)31-20-16-29(17-21-31)33-24-25-38-36-9-4-6-12-41(36)47-42-13-7-10-37(33)43(38)42/h3-26H,1-2H3. The van der Waals surface area contributed by atoms with Gasteiger partial charge in [0.2, 0.25) is 0 Å². The van der Waals surface area contributed by atoms with Gasteiger partial charge in [-0.3, -0.25) is 0 Å². The maximum atomic E-state index is 9.50. The van der Waals surface area contributed by atoms with Crippen LogP contribution in [-0.2, 0) is 5.41 Å². The first-order chi connectivity index (χ1) is 23.0. The van der Waals surface area contributed by atoms with Crippen LogP contribution in [-0.4, -0.2) is 0 Å². The highest BCUT2D eigenvalue weighted by Crippen LogP contribution is 2.51. The third-order valence-electron chi connectivity index (χ3n) is 9.92. The summed E-state index contributed by atoms with van der Waals surface area (Å²) in [6.07, 6.45) is 0. The van der Waals surface area contributed by atoms with Gasteiger partial charge in [0.15, 0.2) is 0 Å². The van der Waals surface area contributed by atoms with E-state index in [0.717, 1.165) is 45.1 Å². The molecule has 0 spiro atoms. The van der Waals surface area contributed by atoms with Gasteiger partial charge in [-0.1, -0.05) is 98.8 Å². The fourth-order valence-electron chi connectivity index (χ4n) is 7.58. The zero-order valence-electron chi connectivity index (χ0n) is 26.2. The second-order valence-electron chi connectivity index (χ2n) is 12.9. The molecule has 0 saturated carbocycles. The summed E-state index contributed by atoms with van der Waals surface area (Å²) in [6.45, 7) is 4.62. The molecule has 7 aromatic carbocycles. The van der Waals surface area contributed by atoms with Crippen LogP contribution in [0.2, 0.25) is 0 Å². The summed E-state index contributed by atoms with van der Waals surface area (Å²) < 4.78 is 6.35. The van der Waals surface area contributed by atoms with E-state index >= 15 is 0 Å². The van der Waals surface area contributed by atoms with Gasteiger partial charge in [0.25, 0.3) is 0 Å². The van der Waals surface area contributed by atoms with E-state index in [4.69, 9.17) is 4.74 Å². The number of hydrogen-bond donors (Lipinski definition) is 0. The number of fused-ring (bicyclic) bond motifs is 5. The van der Waals surface area contributed by atoms with E-state index in [0.29, 0.717) is 5.56 Å². The normalized spacial score (nSPS) is 13.2. The number of benzene rings is 7. The van der Waals surface area contributed by atoms with Gasteiger partial charge < -0.3 is 9.64 Å². The number of ether oxygens (including phenoxy) is 1.